The highest BCUT2D eigenvalue weighted by Gasteiger charge is 2.28. The highest BCUT2D eigenvalue weighted by atomic mass is 16.1. The van der Waals surface area contributed by atoms with E-state index in [0.717, 1.165) is 42.3 Å². The molecule has 3 rings (SSSR count). The number of hydrogen-bond acceptors (Lipinski definition) is 3. The van der Waals surface area contributed by atoms with Crippen molar-refractivity contribution in [2.24, 2.45) is 12.8 Å². The molecule has 1 aromatic carbocycles. The summed E-state index contributed by atoms with van der Waals surface area (Å²) < 4.78 is 5.57. The van der Waals surface area contributed by atoms with Crippen molar-refractivity contribution in [2.75, 3.05) is 20.6 Å². The van der Waals surface area contributed by atoms with E-state index in [4.69, 9.17) is 5.73 Å². The van der Waals surface area contributed by atoms with Crippen LogP contribution in [-0.2, 0) is 13.6 Å². The van der Waals surface area contributed by atoms with Gasteiger partial charge in [-0.1, -0.05) is 18.2 Å². The van der Waals surface area contributed by atoms with Gasteiger partial charge in [0, 0.05) is 36.2 Å². The van der Waals surface area contributed by atoms with Crippen molar-refractivity contribution < 1.29 is 4.79 Å². The van der Waals surface area contributed by atoms with Crippen LogP contribution in [0.2, 0.25) is 0 Å². The molecule has 0 aliphatic heterocycles. The van der Waals surface area contributed by atoms with Crippen LogP contribution in [0.4, 0.5) is 0 Å². The predicted octanol–water partition coefficient (Wildman–Crippen LogP) is 2.62. The molecule has 0 saturated heterocycles. The Hall–Kier alpha value is -3.06. The molecule has 0 fully saturated rings. The van der Waals surface area contributed by atoms with Crippen molar-refractivity contribution in [3.63, 3.8) is 0 Å². The number of nitrogens with zero attached hydrogens (tertiary/aromatic N) is 4. The lowest BCUT2D eigenvalue weighted by molar-refractivity contribution is 0.1000. The van der Waals surface area contributed by atoms with Gasteiger partial charge in [0.1, 0.15) is 0 Å². The summed E-state index contributed by atoms with van der Waals surface area (Å²) >= 11 is 0. The van der Waals surface area contributed by atoms with E-state index in [1.165, 1.54) is 0 Å². The molecule has 0 aliphatic carbocycles. The van der Waals surface area contributed by atoms with Crippen LogP contribution < -0.4 is 11.3 Å². The molecule has 0 spiro atoms. The molecule has 160 valence electrons. The second kappa shape index (κ2) is 8.36. The fourth-order valence-corrected chi connectivity index (χ4v) is 4.23. The highest BCUT2D eigenvalue weighted by molar-refractivity contribution is 6.02. The summed E-state index contributed by atoms with van der Waals surface area (Å²) in [5, 5.41) is 0. The van der Waals surface area contributed by atoms with Crippen LogP contribution in [0.3, 0.4) is 0 Å². The Balaban J connectivity index is 2.24. The molecule has 0 radical (unpaired) electrons. The third kappa shape index (κ3) is 3.61. The SMILES string of the molecule is Cc1c(C(N)=O)c(-c2c(C)n(C)n(-c3ccccc3)c2=O)c(C)n1CCCN(C)C. The van der Waals surface area contributed by atoms with Gasteiger partial charge in [-0.25, -0.2) is 4.68 Å². The largest absolute Gasteiger partial charge is 0.366 e. The fourth-order valence-electron chi connectivity index (χ4n) is 4.23. The van der Waals surface area contributed by atoms with Crippen LogP contribution in [0.1, 0.15) is 33.9 Å². The summed E-state index contributed by atoms with van der Waals surface area (Å²) in [7, 11) is 5.93. The average molecular weight is 410 g/mol. The first-order chi connectivity index (χ1) is 14.2. The maximum Gasteiger partial charge on any atom is 0.279 e. The van der Waals surface area contributed by atoms with E-state index in [1.807, 2.05) is 76.9 Å². The summed E-state index contributed by atoms with van der Waals surface area (Å²) in [5.41, 5.74) is 10.5. The highest BCUT2D eigenvalue weighted by Crippen LogP contribution is 2.33. The molecule has 30 heavy (non-hydrogen) atoms. The molecule has 0 atom stereocenters. The molecule has 7 nitrogen and oxygen atoms in total. The van der Waals surface area contributed by atoms with Crippen LogP contribution in [-0.4, -0.2) is 45.4 Å². The summed E-state index contributed by atoms with van der Waals surface area (Å²) in [6, 6.07) is 9.50. The standard InChI is InChI=1S/C23H31N5O2/c1-15-21(23(30)28(26(15)6)18-11-8-7-9-12-18)19-16(2)27(14-10-13-25(4)5)17(3)20(19)22(24)29/h7-9,11-12H,10,13-14H2,1-6H3,(H2,24,29). The number of aromatic nitrogens is 3. The molecule has 7 heteroatoms. The molecule has 3 aromatic rings. The van der Waals surface area contributed by atoms with Gasteiger partial charge in [0.25, 0.3) is 11.5 Å². The van der Waals surface area contributed by atoms with E-state index >= 15 is 0 Å². The zero-order chi connectivity index (χ0) is 22.2. The van der Waals surface area contributed by atoms with E-state index in [-0.39, 0.29) is 5.56 Å². The number of amides is 1. The molecule has 0 unspecified atom stereocenters. The number of primary amides is 1. The number of benzene rings is 1. The van der Waals surface area contributed by atoms with Crippen molar-refractivity contribution in [2.45, 2.75) is 33.7 Å². The van der Waals surface area contributed by atoms with Gasteiger partial charge in [0.15, 0.2) is 0 Å². The molecular formula is C23H31N5O2. The Morgan fingerprint density at radius 2 is 1.63 bits per heavy atom. The number of hydrogen-bond donors (Lipinski definition) is 1. The van der Waals surface area contributed by atoms with E-state index in [0.29, 0.717) is 16.7 Å². The van der Waals surface area contributed by atoms with Gasteiger partial charge in [-0.15, -0.1) is 0 Å². The molecular weight excluding hydrogens is 378 g/mol. The number of para-hydroxylation sites is 1. The number of carbonyl (C=O) groups excluding carboxylic acids is 1. The van der Waals surface area contributed by atoms with Crippen molar-refractivity contribution >= 4 is 5.91 Å². The Labute approximate surface area is 177 Å². The van der Waals surface area contributed by atoms with Gasteiger partial charge < -0.3 is 15.2 Å². The predicted molar refractivity (Wildman–Crippen MR) is 120 cm³/mol. The van der Waals surface area contributed by atoms with Gasteiger partial charge in [0.05, 0.1) is 16.8 Å². The van der Waals surface area contributed by atoms with Crippen LogP contribution in [0.25, 0.3) is 16.8 Å². The topological polar surface area (TPSA) is 78.2 Å². The maximum atomic E-state index is 13.5. The Morgan fingerprint density at radius 1 is 1.00 bits per heavy atom. The lowest BCUT2D eigenvalue weighted by atomic mass is 10.0. The Kier molecular flexibility index (Phi) is 6.03. The van der Waals surface area contributed by atoms with Gasteiger partial charge in [-0.05, 0) is 60.0 Å². The second-order valence-electron chi connectivity index (χ2n) is 8.03. The van der Waals surface area contributed by atoms with Crippen molar-refractivity contribution in [1.29, 1.82) is 0 Å². The lowest BCUT2D eigenvalue weighted by Gasteiger charge is -2.13. The van der Waals surface area contributed by atoms with Crippen molar-refractivity contribution in [3.05, 3.63) is 63.3 Å². The molecule has 2 heterocycles. The minimum Gasteiger partial charge on any atom is -0.366 e. The summed E-state index contributed by atoms with van der Waals surface area (Å²) in [6.45, 7) is 7.46. The first-order valence-corrected chi connectivity index (χ1v) is 10.1. The van der Waals surface area contributed by atoms with Gasteiger partial charge >= 0.3 is 0 Å². The Morgan fingerprint density at radius 3 is 2.20 bits per heavy atom. The third-order valence-electron chi connectivity index (χ3n) is 5.82. The smallest absolute Gasteiger partial charge is 0.279 e. The summed E-state index contributed by atoms with van der Waals surface area (Å²) in [4.78, 5) is 28.1. The lowest BCUT2D eigenvalue weighted by Crippen LogP contribution is -2.20. The van der Waals surface area contributed by atoms with E-state index in [9.17, 15) is 9.59 Å². The quantitative estimate of drug-likeness (QED) is 0.652. The van der Waals surface area contributed by atoms with Crippen molar-refractivity contribution in [1.82, 2.24) is 18.8 Å². The third-order valence-corrected chi connectivity index (χ3v) is 5.82. The summed E-state index contributed by atoms with van der Waals surface area (Å²) in [5.74, 6) is -0.508. The first-order valence-electron chi connectivity index (χ1n) is 10.1. The average Bonchev–Trinajstić information content (AvgIpc) is 3.06. The number of rotatable bonds is 7. The van der Waals surface area contributed by atoms with Crippen LogP contribution in [0.5, 0.6) is 0 Å². The number of carbonyl (C=O) groups is 1. The van der Waals surface area contributed by atoms with Crippen LogP contribution >= 0.6 is 0 Å². The molecule has 0 saturated carbocycles. The molecule has 2 N–H and O–H groups in total. The minimum absolute atomic E-state index is 0.155. The van der Waals surface area contributed by atoms with Gasteiger partial charge in [0.2, 0.25) is 0 Å². The zero-order valence-electron chi connectivity index (χ0n) is 18.7. The van der Waals surface area contributed by atoms with Gasteiger partial charge in [-0.2, -0.15) is 0 Å². The molecule has 2 aromatic heterocycles. The van der Waals surface area contributed by atoms with E-state index in [1.54, 1.807) is 4.68 Å². The monoisotopic (exact) mass is 409 g/mol. The first kappa shape index (κ1) is 21.6. The molecule has 0 aliphatic rings. The number of nitrogens with two attached hydrogens (primary N) is 1. The van der Waals surface area contributed by atoms with Crippen LogP contribution in [0.15, 0.2) is 35.1 Å². The minimum atomic E-state index is -0.508. The normalized spacial score (nSPS) is 11.4. The van der Waals surface area contributed by atoms with Gasteiger partial charge in [-0.3, -0.25) is 14.3 Å². The van der Waals surface area contributed by atoms with E-state index < -0.39 is 5.91 Å². The fraction of sp³-hybridized carbons (Fsp3) is 0.391. The molecule has 1 amide bonds. The summed E-state index contributed by atoms with van der Waals surface area (Å²) in [6.07, 6.45) is 0.934. The van der Waals surface area contributed by atoms with Crippen LogP contribution in [0, 0.1) is 20.8 Å². The zero-order valence-corrected chi connectivity index (χ0v) is 18.7. The Bertz CT molecular complexity index is 1130. The second-order valence-corrected chi connectivity index (χ2v) is 8.03. The maximum absolute atomic E-state index is 13.5. The van der Waals surface area contributed by atoms with Crippen molar-refractivity contribution in [3.8, 4) is 16.8 Å². The van der Waals surface area contributed by atoms with E-state index in [2.05, 4.69) is 9.47 Å². The molecule has 0 bridgehead atoms.